The highest BCUT2D eigenvalue weighted by molar-refractivity contribution is 9.10. The topological polar surface area (TPSA) is 49.8 Å². The summed E-state index contributed by atoms with van der Waals surface area (Å²) in [5.41, 5.74) is -0.813. The van der Waals surface area contributed by atoms with Crippen molar-refractivity contribution in [2.24, 2.45) is 0 Å². The molecule has 0 aliphatic carbocycles. The highest BCUT2D eigenvalue weighted by atomic mass is 79.9. The van der Waals surface area contributed by atoms with Crippen LogP contribution in [0.4, 0.5) is 0 Å². The summed E-state index contributed by atoms with van der Waals surface area (Å²) in [6.45, 7) is 2.09. The molecule has 0 spiro atoms. The average Bonchev–Trinajstić information content (AvgIpc) is 2.68. The van der Waals surface area contributed by atoms with Crippen LogP contribution in [0, 0.1) is 0 Å². The number of aliphatic hydroxyl groups is 1. The first-order valence-corrected chi connectivity index (χ1v) is 5.75. The number of carbonyl (C=O) groups excluding carboxylic acids is 1. The Balaban J connectivity index is 1.94. The fourth-order valence-corrected chi connectivity index (χ4v) is 2.43. The number of hydrogen-bond donors (Lipinski definition) is 1. The molecule has 0 aromatic heterocycles. The Bertz CT molecular complexity index is 240. The van der Waals surface area contributed by atoms with Crippen LogP contribution in [-0.2, 0) is 9.53 Å². The number of carbonyl (C=O) groups is 1. The third kappa shape index (κ3) is 1.94. The molecule has 0 saturated carbocycles. The number of hydrogen-bond acceptors (Lipinski definition) is 3. The van der Waals surface area contributed by atoms with Gasteiger partial charge in [-0.15, -0.1) is 0 Å². The quantitative estimate of drug-likeness (QED) is 0.721. The minimum atomic E-state index is -0.813. The van der Waals surface area contributed by atoms with Crippen LogP contribution in [0.5, 0.6) is 0 Å². The van der Waals surface area contributed by atoms with Gasteiger partial charge in [0.1, 0.15) is 5.60 Å². The van der Waals surface area contributed by atoms with Crippen LogP contribution >= 0.6 is 15.9 Å². The second-order valence-electron chi connectivity index (χ2n) is 4.04. The van der Waals surface area contributed by atoms with Gasteiger partial charge in [-0.2, -0.15) is 0 Å². The Morgan fingerprint density at radius 2 is 2.50 bits per heavy atom. The van der Waals surface area contributed by atoms with E-state index in [0.29, 0.717) is 26.2 Å². The van der Waals surface area contributed by atoms with Crippen LogP contribution in [-0.4, -0.2) is 52.6 Å². The molecule has 2 saturated heterocycles. The van der Waals surface area contributed by atoms with Gasteiger partial charge in [-0.1, -0.05) is 15.9 Å². The molecule has 1 amide bonds. The standard InChI is InChI=1S/C9H14BrNO3/c10-7-1-3-11(8(7)12)5-9(13)2-4-14-6-9/h7,13H,1-6H2. The van der Waals surface area contributed by atoms with Crippen molar-refractivity contribution in [2.75, 3.05) is 26.3 Å². The van der Waals surface area contributed by atoms with E-state index < -0.39 is 5.60 Å². The molecule has 2 fully saturated rings. The number of alkyl halides is 1. The number of rotatable bonds is 2. The summed E-state index contributed by atoms with van der Waals surface area (Å²) < 4.78 is 5.13. The molecule has 4 nitrogen and oxygen atoms in total. The number of amides is 1. The first-order valence-electron chi connectivity index (χ1n) is 4.84. The van der Waals surface area contributed by atoms with Crippen LogP contribution in [0.3, 0.4) is 0 Å². The molecular formula is C9H14BrNO3. The third-order valence-corrected chi connectivity index (χ3v) is 3.65. The van der Waals surface area contributed by atoms with Gasteiger partial charge in [0.15, 0.2) is 0 Å². The van der Waals surface area contributed by atoms with Crippen LogP contribution in [0.1, 0.15) is 12.8 Å². The predicted molar refractivity (Wildman–Crippen MR) is 54.3 cm³/mol. The van der Waals surface area contributed by atoms with E-state index in [1.165, 1.54) is 0 Å². The normalized spacial score (nSPS) is 38.3. The van der Waals surface area contributed by atoms with Gasteiger partial charge in [0, 0.05) is 19.6 Å². The fraction of sp³-hybridized carbons (Fsp3) is 0.889. The lowest BCUT2D eigenvalue weighted by atomic mass is 10.0. The zero-order chi connectivity index (χ0) is 10.2. The van der Waals surface area contributed by atoms with Crippen molar-refractivity contribution in [1.82, 2.24) is 4.90 Å². The molecule has 0 bridgehead atoms. The monoisotopic (exact) mass is 263 g/mol. The van der Waals surface area contributed by atoms with Crippen LogP contribution in [0.15, 0.2) is 0 Å². The van der Waals surface area contributed by atoms with E-state index in [4.69, 9.17) is 4.74 Å². The maximum Gasteiger partial charge on any atom is 0.236 e. The summed E-state index contributed by atoms with van der Waals surface area (Å²) in [5, 5.41) is 10.0. The van der Waals surface area contributed by atoms with Gasteiger partial charge in [0.25, 0.3) is 0 Å². The van der Waals surface area contributed by atoms with E-state index in [-0.39, 0.29) is 10.7 Å². The summed E-state index contributed by atoms with van der Waals surface area (Å²) >= 11 is 3.31. The molecule has 0 radical (unpaired) electrons. The molecule has 14 heavy (non-hydrogen) atoms. The largest absolute Gasteiger partial charge is 0.386 e. The number of ether oxygens (including phenoxy) is 1. The molecule has 80 valence electrons. The van der Waals surface area contributed by atoms with E-state index in [2.05, 4.69) is 15.9 Å². The first kappa shape index (κ1) is 10.4. The van der Waals surface area contributed by atoms with Crippen molar-refractivity contribution in [3.8, 4) is 0 Å². The van der Waals surface area contributed by atoms with Gasteiger partial charge >= 0.3 is 0 Å². The molecule has 2 unspecified atom stereocenters. The van der Waals surface area contributed by atoms with Gasteiger partial charge in [-0.05, 0) is 6.42 Å². The van der Waals surface area contributed by atoms with E-state index in [0.717, 1.165) is 13.0 Å². The van der Waals surface area contributed by atoms with Crippen LogP contribution < -0.4 is 0 Å². The maximum atomic E-state index is 11.6. The van der Waals surface area contributed by atoms with Crippen molar-refractivity contribution >= 4 is 21.8 Å². The van der Waals surface area contributed by atoms with Crippen molar-refractivity contribution < 1.29 is 14.6 Å². The van der Waals surface area contributed by atoms with E-state index >= 15 is 0 Å². The zero-order valence-corrected chi connectivity index (χ0v) is 9.49. The maximum absolute atomic E-state index is 11.6. The van der Waals surface area contributed by atoms with E-state index in [1.54, 1.807) is 4.90 Å². The van der Waals surface area contributed by atoms with Crippen molar-refractivity contribution in [3.63, 3.8) is 0 Å². The summed E-state index contributed by atoms with van der Waals surface area (Å²) in [5.74, 6) is 0.0883. The van der Waals surface area contributed by atoms with E-state index in [9.17, 15) is 9.90 Å². The summed E-state index contributed by atoms with van der Waals surface area (Å²) in [4.78, 5) is 13.2. The lowest BCUT2D eigenvalue weighted by Gasteiger charge is -2.27. The molecule has 2 heterocycles. The van der Waals surface area contributed by atoms with Gasteiger partial charge in [0.05, 0.1) is 18.0 Å². The second kappa shape index (κ2) is 3.79. The van der Waals surface area contributed by atoms with E-state index in [1.807, 2.05) is 0 Å². The summed E-state index contributed by atoms with van der Waals surface area (Å²) in [6.07, 6.45) is 1.46. The smallest absolute Gasteiger partial charge is 0.236 e. The molecule has 2 aliphatic rings. The SMILES string of the molecule is O=C1C(Br)CCN1CC1(O)CCOC1. The Kier molecular flexibility index (Phi) is 2.81. The molecule has 0 aromatic carbocycles. The fourth-order valence-electron chi connectivity index (χ4n) is 1.93. The minimum Gasteiger partial charge on any atom is -0.386 e. The van der Waals surface area contributed by atoms with Crippen molar-refractivity contribution in [2.45, 2.75) is 23.3 Å². The molecule has 2 aliphatic heterocycles. The zero-order valence-electron chi connectivity index (χ0n) is 7.91. The van der Waals surface area contributed by atoms with Crippen LogP contribution in [0.2, 0.25) is 0 Å². The first-order chi connectivity index (χ1) is 6.61. The molecule has 0 aromatic rings. The predicted octanol–water partition coefficient (Wildman–Crippen LogP) is 0.134. The van der Waals surface area contributed by atoms with Crippen molar-refractivity contribution in [3.05, 3.63) is 0 Å². The molecule has 1 N–H and O–H groups in total. The number of β-amino-alcohol motifs (C(OH)–C–C–N with tert-alkyl or cyclic N) is 1. The van der Waals surface area contributed by atoms with Gasteiger partial charge in [-0.25, -0.2) is 0 Å². The highest BCUT2D eigenvalue weighted by Crippen LogP contribution is 2.24. The molecule has 5 heteroatoms. The lowest BCUT2D eigenvalue weighted by molar-refractivity contribution is -0.130. The van der Waals surface area contributed by atoms with Crippen LogP contribution in [0.25, 0.3) is 0 Å². The van der Waals surface area contributed by atoms with Gasteiger partial charge in [0.2, 0.25) is 5.91 Å². The highest BCUT2D eigenvalue weighted by Gasteiger charge is 2.39. The third-order valence-electron chi connectivity index (χ3n) is 2.80. The lowest BCUT2D eigenvalue weighted by Crippen LogP contribution is -2.44. The second-order valence-corrected chi connectivity index (χ2v) is 5.15. The summed E-state index contributed by atoms with van der Waals surface area (Å²) in [7, 11) is 0. The summed E-state index contributed by atoms with van der Waals surface area (Å²) in [6, 6.07) is 0. The Morgan fingerprint density at radius 3 is 3.00 bits per heavy atom. The Labute approximate surface area is 91.3 Å². The molecular weight excluding hydrogens is 250 g/mol. The Hall–Kier alpha value is -0.130. The number of nitrogens with zero attached hydrogens (tertiary/aromatic N) is 1. The molecule has 2 rings (SSSR count). The minimum absolute atomic E-state index is 0.0616. The van der Waals surface area contributed by atoms with Gasteiger partial charge in [-0.3, -0.25) is 4.79 Å². The number of likely N-dealkylation sites (tertiary alicyclic amines) is 1. The average molecular weight is 264 g/mol. The Morgan fingerprint density at radius 1 is 1.71 bits per heavy atom. The van der Waals surface area contributed by atoms with Crippen molar-refractivity contribution in [1.29, 1.82) is 0 Å². The molecule has 2 atom stereocenters. The number of halogens is 1. The van der Waals surface area contributed by atoms with Gasteiger partial charge < -0.3 is 14.7 Å².